The Hall–Kier alpha value is -3.54. The molecule has 4 rings (SSSR count). The Morgan fingerprint density at radius 3 is 2.55 bits per heavy atom. The van der Waals surface area contributed by atoms with Crippen molar-refractivity contribution in [3.8, 4) is 11.3 Å². The number of pyridine rings is 1. The number of anilines is 1. The Bertz CT molecular complexity index is 1260. The smallest absolute Gasteiger partial charge is 0.256 e. The van der Waals surface area contributed by atoms with Crippen LogP contribution in [0.2, 0.25) is 0 Å². The molecule has 146 valence electrons. The second kappa shape index (κ2) is 7.13. The molecule has 0 saturated heterocycles. The van der Waals surface area contributed by atoms with Crippen molar-refractivity contribution in [3.63, 3.8) is 0 Å². The molecule has 0 unspecified atom stereocenters. The lowest BCUT2D eigenvalue weighted by Gasteiger charge is -2.12. The van der Waals surface area contributed by atoms with Crippen LogP contribution in [0, 0.1) is 26.6 Å². The number of amides is 1. The summed E-state index contributed by atoms with van der Waals surface area (Å²) in [7, 11) is 1.88. The third-order valence-corrected chi connectivity index (χ3v) is 5.10. The summed E-state index contributed by atoms with van der Waals surface area (Å²) in [6.07, 6.45) is 0. The summed E-state index contributed by atoms with van der Waals surface area (Å²) in [4.78, 5) is 17.9. The molecule has 0 radical (unpaired) electrons. The van der Waals surface area contributed by atoms with E-state index in [1.54, 1.807) is 22.9 Å². The van der Waals surface area contributed by atoms with Gasteiger partial charge in [0.1, 0.15) is 5.82 Å². The van der Waals surface area contributed by atoms with Gasteiger partial charge in [-0.1, -0.05) is 24.3 Å². The molecule has 0 aliphatic rings. The van der Waals surface area contributed by atoms with Gasteiger partial charge in [-0.25, -0.2) is 9.37 Å². The van der Waals surface area contributed by atoms with Crippen molar-refractivity contribution < 1.29 is 9.18 Å². The van der Waals surface area contributed by atoms with Crippen LogP contribution in [-0.4, -0.2) is 20.7 Å². The molecule has 1 amide bonds. The molecule has 1 N–H and O–H groups in total. The summed E-state index contributed by atoms with van der Waals surface area (Å²) in [5, 5.41) is 7.88. The zero-order valence-corrected chi connectivity index (χ0v) is 16.7. The molecule has 2 aromatic heterocycles. The van der Waals surface area contributed by atoms with Gasteiger partial charge in [0.25, 0.3) is 5.91 Å². The number of halogens is 1. The fourth-order valence-corrected chi connectivity index (χ4v) is 3.56. The number of aromatic nitrogens is 3. The highest BCUT2D eigenvalue weighted by Gasteiger charge is 2.19. The van der Waals surface area contributed by atoms with Crippen LogP contribution in [0.1, 0.15) is 27.3 Å². The largest absolute Gasteiger partial charge is 0.319 e. The molecule has 0 aliphatic carbocycles. The van der Waals surface area contributed by atoms with Crippen LogP contribution in [0.15, 0.2) is 48.5 Å². The van der Waals surface area contributed by atoms with Gasteiger partial charge in [-0.3, -0.25) is 9.48 Å². The number of carbonyl (C=O) groups excluding carboxylic acids is 1. The van der Waals surface area contributed by atoms with Gasteiger partial charge in [-0.05, 0) is 50.6 Å². The number of nitrogens with one attached hydrogen (secondary N) is 1. The molecule has 5 nitrogen and oxygen atoms in total. The van der Waals surface area contributed by atoms with E-state index in [4.69, 9.17) is 4.98 Å². The molecular weight excluding hydrogens is 367 g/mol. The van der Waals surface area contributed by atoms with Crippen LogP contribution in [0.25, 0.3) is 22.2 Å². The van der Waals surface area contributed by atoms with E-state index in [2.05, 4.69) is 10.4 Å². The van der Waals surface area contributed by atoms with Gasteiger partial charge in [0.2, 0.25) is 0 Å². The quantitative estimate of drug-likeness (QED) is 0.540. The van der Waals surface area contributed by atoms with Gasteiger partial charge in [0, 0.05) is 23.7 Å². The molecular formula is C23H21FN4O. The first-order valence-electron chi connectivity index (χ1n) is 9.33. The Morgan fingerprint density at radius 1 is 1.07 bits per heavy atom. The Kier molecular flexibility index (Phi) is 4.62. The first kappa shape index (κ1) is 18.8. The van der Waals surface area contributed by atoms with E-state index in [1.807, 2.05) is 52.1 Å². The number of aryl methyl sites for hydroxylation is 3. The lowest BCUT2D eigenvalue weighted by Crippen LogP contribution is -2.14. The maximum absolute atomic E-state index is 14.2. The van der Waals surface area contributed by atoms with Crippen LogP contribution < -0.4 is 5.32 Å². The molecule has 0 spiro atoms. The topological polar surface area (TPSA) is 59.8 Å². The van der Waals surface area contributed by atoms with Gasteiger partial charge in [-0.2, -0.15) is 5.10 Å². The number of fused-ring (bicyclic) bond motifs is 1. The van der Waals surface area contributed by atoms with Crippen molar-refractivity contribution in [2.45, 2.75) is 20.8 Å². The number of para-hydroxylation sites is 1. The second-order valence-corrected chi connectivity index (χ2v) is 7.18. The lowest BCUT2D eigenvalue weighted by atomic mass is 10.0. The summed E-state index contributed by atoms with van der Waals surface area (Å²) in [6.45, 7) is 5.73. The summed E-state index contributed by atoms with van der Waals surface area (Å²) in [5.74, 6) is -0.852. The van der Waals surface area contributed by atoms with Crippen molar-refractivity contribution >= 4 is 22.5 Å². The first-order chi connectivity index (χ1) is 13.8. The average molecular weight is 388 g/mol. The zero-order valence-electron chi connectivity index (χ0n) is 16.7. The minimum Gasteiger partial charge on any atom is -0.319 e. The SMILES string of the molecule is Cc1ccc(F)c(NC(=O)c2cc(-c3c(C)nn(C)c3C)nc3ccccc23)c1. The van der Waals surface area contributed by atoms with Crippen LogP contribution in [-0.2, 0) is 7.05 Å². The van der Waals surface area contributed by atoms with E-state index in [0.717, 1.165) is 22.5 Å². The number of hydrogen-bond acceptors (Lipinski definition) is 3. The van der Waals surface area contributed by atoms with E-state index in [9.17, 15) is 9.18 Å². The van der Waals surface area contributed by atoms with Crippen molar-refractivity contribution in [1.29, 1.82) is 0 Å². The third-order valence-electron chi connectivity index (χ3n) is 5.10. The fraction of sp³-hybridized carbons (Fsp3) is 0.174. The van der Waals surface area contributed by atoms with E-state index in [1.165, 1.54) is 6.07 Å². The molecule has 29 heavy (non-hydrogen) atoms. The van der Waals surface area contributed by atoms with Gasteiger partial charge >= 0.3 is 0 Å². The number of rotatable bonds is 3. The van der Waals surface area contributed by atoms with Crippen molar-refractivity contribution in [1.82, 2.24) is 14.8 Å². The highest BCUT2D eigenvalue weighted by Crippen LogP contribution is 2.30. The second-order valence-electron chi connectivity index (χ2n) is 7.18. The monoisotopic (exact) mass is 388 g/mol. The van der Waals surface area contributed by atoms with Crippen molar-refractivity contribution in [2.75, 3.05) is 5.32 Å². The van der Waals surface area contributed by atoms with Crippen LogP contribution in [0.3, 0.4) is 0 Å². The normalized spacial score (nSPS) is 11.1. The summed E-state index contributed by atoms with van der Waals surface area (Å²) < 4.78 is 16.0. The molecule has 0 aliphatic heterocycles. The van der Waals surface area contributed by atoms with Gasteiger partial charge in [-0.15, -0.1) is 0 Å². The molecule has 4 aromatic rings. The molecule has 6 heteroatoms. The first-order valence-corrected chi connectivity index (χ1v) is 9.33. The minimum absolute atomic E-state index is 0.159. The van der Waals surface area contributed by atoms with E-state index >= 15 is 0 Å². The third kappa shape index (κ3) is 3.38. The lowest BCUT2D eigenvalue weighted by molar-refractivity contribution is 0.102. The number of nitrogens with zero attached hydrogens (tertiary/aromatic N) is 3. The predicted molar refractivity (Wildman–Crippen MR) is 113 cm³/mol. The molecule has 0 saturated carbocycles. The van der Waals surface area contributed by atoms with Crippen LogP contribution >= 0.6 is 0 Å². The number of hydrogen-bond donors (Lipinski definition) is 1. The summed E-state index contributed by atoms with van der Waals surface area (Å²) in [6, 6.07) is 13.8. The summed E-state index contributed by atoms with van der Waals surface area (Å²) >= 11 is 0. The average Bonchev–Trinajstić information content (AvgIpc) is 2.95. The highest BCUT2D eigenvalue weighted by atomic mass is 19.1. The molecule has 0 atom stereocenters. The van der Waals surface area contributed by atoms with Crippen molar-refractivity contribution in [3.05, 3.63) is 76.9 Å². The predicted octanol–water partition coefficient (Wildman–Crippen LogP) is 4.95. The standard InChI is InChI=1S/C23H21FN4O/c1-13-9-10-18(24)20(11-13)26-23(29)17-12-21(22-14(2)27-28(4)15(22)3)25-19-8-6-5-7-16(17)19/h5-12H,1-4H3,(H,26,29). The van der Waals surface area contributed by atoms with Gasteiger partial charge in [0.15, 0.2) is 0 Å². The molecule has 2 aromatic carbocycles. The maximum Gasteiger partial charge on any atom is 0.256 e. The Balaban J connectivity index is 1.87. The molecule has 0 bridgehead atoms. The number of benzene rings is 2. The Morgan fingerprint density at radius 2 is 1.83 bits per heavy atom. The fourth-order valence-electron chi connectivity index (χ4n) is 3.56. The van der Waals surface area contributed by atoms with E-state index in [0.29, 0.717) is 22.2 Å². The van der Waals surface area contributed by atoms with Gasteiger partial charge < -0.3 is 5.32 Å². The maximum atomic E-state index is 14.2. The Labute approximate surface area is 168 Å². The molecule has 2 heterocycles. The minimum atomic E-state index is -0.471. The zero-order chi connectivity index (χ0) is 20.7. The van der Waals surface area contributed by atoms with E-state index in [-0.39, 0.29) is 11.6 Å². The van der Waals surface area contributed by atoms with E-state index < -0.39 is 5.82 Å². The number of carbonyl (C=O) groups is 1. The van der Waals surface area contributed by atoms with Crippen LogP contribution in [0.4, 0.5) is 10.1 Å². The van der Waals surface area contributed by atoms with Crippen LogP contribution in [0.5, 0.6) is 0 Å². The van der Waals surface area contributed by atoms with Crippen molar-refractivity contribution in [2.24, 2.45) is 7.05 Å². The van der Waals surface area contributed by atoms with Gasteiger partial charge in [0.05, 0.1) is 28.2 Å². The molecule has 0 fully saturated rings. The summed E-state index contributed by atoms with van der Waals surface area (Å²) in [5.41, 5.74) is 5.52. The highest BCUT2D eigenvalue weighted by molar-refractivity contribution is 6.13.